The maximum Gasteiger partial charge on any atom is 0.244 e. The number of hydrogen-bond acceptors (Lipinski definition) is 2. The quantitative estimate of drug-likeness (QED) is 0.641. The highest BCUT2D eigenvalue weighted by atomic mass is 79.9. The highest BCUT2D eigenvalue weighted by molar-refractivity contribution is 9.25. The van der Waals surface area contributed by atoms with Crippen LogP contribution in [-0.2, 0) is 11.3 Å². The van der Waals surface area contributed by atoms with Crippen molar-refractivity contribution in [2.24, 2.45) is 0 Å². The third kappa shape index (κ3) is 4.41. The molecule has 92 valence electrons. The van der Waals surface area contributed by atoms with E-state index in [1.807, 2.05) is 0 Å². The van der Waals surface area contributed by atoms with Crippen molar-refractivity contribution >= 4 is 55.2 Å². The molecule has 0 atom stereocenters. The first kappa shape index (κ1) is 14.7. The fourth-order valence-corrected chi connectivity index (χ4v) is 1.74. The van der Waals surface area contributed by atoms with Crippen molar-refractivity contribution in [1.29, 1.82) is 0 Å². The minimum absolute atomic E-state index is 0.0385. The van der Waals surface area contributed by atoms with Crippen LogP contribution in [0.2, 0.25) is 5.02 Å². The van der Waals surface area contributed by atoms with Crippen LogP contribution in [0.4, 0.5) is 0 Å². The molecule has 0 bridgehead atoms. The number of ketones is 1. The SMILES string of the molecule is CC(=O)c1ccc(CNC(=O)C(Br)Br)c(Cl)c1. The lowest BCUT2D eigenvalue weighted by Crippen LogP contribution is -2.27. The number of carbonyl (C=O) groups is 2. The third-order valence-corrected chi connectivity index (χ3v) is 3.29. The van der Waals surface area contributed by atoms with E-state index < -0.39 is 3.74 Å². The first-order chi connectivity index (χ1) is 7.91. The normalized spacial score (nSPS) is 10.4. The molecule has 0 heterocycles. The first-order valence-electron chi connectivity index (χ1n) is 4.77. The number of benzene rings is 1. The number of rotatable bonds is 4. The van der Waals surface area contributed by atoms with E-state index in [9.17, 15) is 9.59 Å². The second-order valence-corrected chi connectivity index (χ2v) is 6.85. The van der Waals surface area contributed by atoms with Crippen LogP contribution in [0.5, 0.6) is 0 Å². The molecule has 1 N–H and O–H groups in total. The maximum atomic E-state index is 11.3. The zero-order chi connectivity index (χ0) is 13.0. The molecule has 0 saturated heterocycles. The lowest BCUT2D eigenvalue weighted by molar-refractivity contribution is -0.119. The molecule has 0 aliphatic carbocycles. The highest BCUT2D eigenvalue weighted by Crippen LogP contribution is 2.18. The van der Waals surface area contributed by atoms with E-state index in [1.165, 1.54) is 6.92 Å². The fraction of sp³-hybridized carbons (Fsp3) is 0.273. The number of carbonyl (C=O) groups excluding carboxylic acids is 2. The van der Waals surface area contributed by atoms with Crippen molar-refractivity contribution < 1.29 is 9.59 Å². The van der Waals surface area contributed by atoms with E-state index in [0.29, 0.717) is 17.1 Å². The molecule has 0 aliphatic heterocycles. The molecule has 1 aromatic carbocycles. The van der Waals surface area contributed by atoms with Gasteiger partial charge in [0.1, 0.15) is 3.74 Å². The molecule has 0 fully saturated rings. The van der Waals surface area contributed by atoms with E-state index in [1.54, 1.807) is 18.2 Å². The maximum absolute atomic E-state index is 11.3. The molecule has 0 unspecified atom stereocenters. The minimum Gasteiger partial charge on any atom is -0.350 e. The molecule has 0 saturated carbocycles. The molecular weight excluding hydrogens is 373 g/mol. The molecule has 0 spiro atoms. The van der Waals surface area contributed by atoms with E-state index in [2.05, 4.69) is 37.2 Å². The monoisotopic (exact) mass is 381 g/mol. The summed E-state index contributed by atoms with van der Waals surface area (Å²) in [4.78, 5) is 22.4. The van der Waals surface area contributed by atoms with Gasteiger partial charge in [0.05, 0.1) is 0 Å². The van der Waals surface area contributed by atoms with Gasteiger partial charge in [0, 0.05) is 17.1 Å². The Hall–Kier alpha value is -0.390. The second kappa shape index (κ2) is 6.52. The summed E-state index contributed by atoms with van der Waals surface area (Å²) in [5.74, 6) is -0.222. The minimum atomic E-state index is -0.426. The van der Waals surface area contributed by atoms with Crippen LogP contribution in [0.25, 0.3) is 0 Å². The lowest BCUT2D eigenvalue weighted by atomic mass is 10.1. The van der Waals surface area contributed by atoms with Crippen molar-refractivity contribution in [1.82, 2.24) is 5.32 Å². The average Bonchev–Trinajstić information content (AvgIpc) is 2.26. The van der Waals surface area contributed by atoms with Gasteiger partial charge in [-0.3, -0.25) is 9.59 Å². The second-order valence-electron chi connectivity index (χ2n) is 3.38. The predicted octanol–water partition coefficient (Wildman–Crippen LogP) is 3.27. The van der Waals surface area contributed by atoms with Crippen LogP contribution in [0.1, 0.15) is 22.8 Å². The van der Waals surface area contributed by atoms with Gasteiger partial charge < -0.3 is 5.32 Å². The summed E-state index contributed by atoms with van der Waals surface area (Å²) >= 11 is 12.2. The summed E-state index contributed by atoms with van der Waals surface area (Å²) in [6, 6.07) is 5.03. The molecular formula is C11H10Br2ClNO2. The fourth-order valence-electron chi connectivity index (χ4n) is 1.17. The summed E-state index contributed by atoms with van der Waals surface area (Å²) in [7, 11) is 0. The summed E-state index contributed by atoms with van der Waals surface area (Å²) in [6.07, 6.45) is 0. The van der Waals surface area contributed by atoms with Crippen LogP contribution in [-0.4, -0.2) is 15.4 Å². The van der Waals surface area contributed by atoms with Crippen molar-refractivity contribution in [3.8, 4) is 0 Å². The Morgan fingerprint density at radius 2 is 2.06 bits per heavy atom. The highest BCUT2D eigenvalue weighted by Gasteiger charge is 2.11. The standard InChI is InChI=1S/C11H10Br2ClNO2/c1-6(16)7-2-3-8(9(14)4-7)5-15-11(17)10(12)13/h2-4,10H,5H2,1H3,(H,15,17). The van der Waals surface area contributed by atoms with Gasteiger partial charge in [-0.1, -0.05) is 55.6 Å². The van der Waals surface area contributed by atoms with E-state index in [0.717, 1.165) is 5.56 Å². The van der Waals surface area contributed by atoms with Crippen LogP contribution in [0.15, 0.2) is 18.2 Å². The van der Waals surface area contributed by atoms with Gasteiger partial charge in [0.25, 0.3) is 0 Å². The smallest absolute Gasteiger partial charge is 0.244 e. The molecule has 1 rings (SSSR count). The Kier molecular flexibility index (Phi) is 5.62. The van der Waals surface area contributed by atoms with Gasteiger partial charge in [0.15, 0.2) is 5.78 Å². The van der Waals surface area contributed by atoms with Gasteiger partial charge in [-0.25, -0.2) is 0 Å². The molecule has 0 radical (unpaired) electrons. The molecule has 6 heteroatoms. The van der Waals surface area contributed by atoms with Crippen LogP contribution < -0.4 is 5.32 Å². The molecule has 1 amide bonds. The van der Waals surface area contributed by atoms with Gasteiger partial charge in [-0.15, -0.1) is 0 Å². The Balaban J connectivity index is 2.73. The van der Waals surface area contributed by atoms with Crippen molar-refractivity contribution in [3.05, 3.63) is 34.3 Å². The number of nitrogens with one attached hydrogen (secondary N) is 1. The number of hydrogen-bond donors (Lipinski definition) is 1. The molecule has 3 nitrogen and oxygen atoms in total. The molecule has 0 aromatic heterocycles. The third-order valence-electron chi connectivity index (χ3n) is 2.11. The average molecular weight is 383 g/mol. The summed E-state index contributed by atoms with van der Waals surface area (Å²) in [5, 5.41) is 3.16. The Morgan fingerprint density at radius 1 is 1.41 bits per heavy atom. The Labute approximate surface area is 121 Å². The molecule has 1 aromatic rings. The lowest BCUT2D eigenvalue weighted by Gasteiger charge is -2.08. The number of Topliss-reactive ketones (excluding diaryl/α,β-unsaturated/α-hetero) is 1. The van der Waals surface area contributed by atoms with Crippen LogP contribution >= 0.6 is 43.5 Å². The van der Waals surface area contributed by atoms with Crippen molar-refractivity contribution in [2.75, 3.05) is 0 Å². The van der Waals surface area contributed by atoms with Gasteiger partial charge in [0.2, 0.25) is 5.91 Å². The Morgan fingerprint density at radius 3 is 2.53 bits per heavy atom. The topological polar surface area (TPSA) is 46.2 Å². The van der Waals surface area contributed by atoms with E-state index in [-0.39, 0.29) is 11.7 Å². The summed E-state index contributed by atoms with van der Waals surface area (Å²) in [6.45, 7) is 1.80. The van der Waals surface area contributed by atoms with E-state index >= 15 is 0 Å². The molecule has 0 aliphatic rings. The zero-order valence-electron chi connectivity index (χ0n) is 8.97. The predicted molar refractivity (Wildman–Crippen MR) is 74.9 cm³/mol. The zero-order valence-corrected chi connectivity index (χ0v) is 12.9. The van der Waals surface area contributed by atoms with Gasteiger partial charge in [-0.05, 0) is 18.6 Å². The van der Waals surface area contributed by atoms with Crippen molar-refractivity contribution in [3.63, 3.8) is 0 Å². The largest absolute Gasteiger partial charge is 0.350 e. The first-order valence-corrected chi connectivity index (χ1v) is 6.98. The number of alkyl halides is 2. The van der Waals surface area contributed by atoms with Gasteiger partial charge in [-0.2, -0.15) is 0 Å². The number of amides is 1. The van der Waals surface area contributed by atoms with Crippen molar-refractivity contribution in [2.45, 2.75) is 17.2 Å². The number of halogens is 3. The molecule has 17 heavy (non-hydrogen) atoms. The van der Waals surface area contributed by atoms with Crippen LogP contribution in [0.3, 0.4) is 0 Å². The summed E-state index contributed by atoms with van der Waals surface area (Å²) < 4.78 is -0.426. The summed E-state index contributed by atoms with van der Waals surface area (Å²) in [5.41, 5.74) is 1.33. The van der Waals surface area contributed by atoms with Crippen LogP contribution in [0, 0.1) is 0 Å². The van der Waals surface area contributed by atoms with E-state index in [4.69, 9.17) is 11.6 Å². The van der Waals surface area contributed by atoms with Gasteiger partial charge >= 0.3 is 0 Å². The Bertz CT molecular complexity index is 449.